The summed E-state index contributed by atoms with van der Waals surface area (Å²) in [6.07, 6.45) is 4.10. The molecule has 4 nitrogen and oxygen atoms in total. The number of aryl methyl sites for hydroxylation is 3. The summed E-state index contributed by atoms with van der Waals surface area (Å²) in [4.78, 5) is 9.14. The fraction of sp³-hybridized carbons (Fsp3) is 0.346. The van der Waals surface area contributed by atoms with E-state index < -0.39 is 5.67 Å². The fourth-order valence-corrected chi connectivity index (χ4v) is 4.27. The van der Waals surface area contributed by atoms with Crippen LogP contribution in [0.15, 0.2) is 41.7 Å². The fourth-order valence-electron chi connectivity index (χ4n) is 4.27. The molecule has 1 aliphatic rings. The van der Waals surface area contributed by atoms with Gasteiger partial charge in [-0.05, 0) is 51.3 Å². The molecule has 0 bridgehead atoms. The Bertz CT molecular complexity index is 1180. The first-order valence-corrected chi connectivity index (χ1v) is 10.7. The van der Waals surface area contributed by atoms with Gasteiger partial charge in [-0.25, -0.2) is 14.4 Å². The number of hydrogen-bond acceptors (Lipinski definition) is 3. The molecule has 0 fully saturated rings. The van der Waals surface area contributed by atoms with E-state index in [9.17, 15) is 5.26 Å². The third-order valence-corrected chi connectivity index (χ3v) is 5.38. The zero-order valence-electron chi connectivity index (χ0n) is 19.3. The number of nitrogens with zero attached hydrogens (tertiary/aromatic N) is 4. The molecule has 0 N–H and O–H groups in total. The first-order chi connectivity index (χ1) is 14.7. The van der Waals surface area contributed by atoms with Crippen LogP contribution >= 0.6 is 0 Å². The predicted molar refractivity (Wildman–Crippen MR) is 125 cm³/mol. The average molecular weight is 417 g/mol. The van der Waals surface area contributed by atoms with Gasteiger partial charge in [0.25, 0.3) is 0 Å². The van der Waals surface area contributed by atoms with Crippen molar-refractivity contribution >= 4 is 11.4 Å². The van der Waals surface area contributed by atoms with Gasteiger partial charge in [-0.1, -0.05) is 43.7 Å². The minimum Gasteiger partial charge on any atom is -0.299 e. The smallest absolute Gasteiger partial charge is 0.147 e. The topological polar surface area (TPSA) is 54.0 Å². The van der Waals surface area contributed by atoms with E-state index in [-0.39, 0.29) is 0 Å². The summed E-state index contributed by atoms with van der Waals surface area (Å²) >= 11 is 0. The second-order valence-electron chi connectivity index (χ2n) is 8.18. The maximum absolute atomic E-state index is 15.2. The molecular weight excluding hydrogens is 387 g/mol. The minimum absolute atomic E-state index is 0.441. The van der Waals surface area contributed by atoms with Crippen LogP contribution in [0.25, 0.3) is 17.1 Å². The Morgan fingerprint density at radius 2 is 1.74 bits per heavy atom. The molecule has 5 heteroatoms. The zero-order chi connectivity index (χ0) is 22.9. The number of alkyl halides is 1. The molecule has 0 spiro atoms. The van der Waals surface area contributed by atoms with Gasteiger partial charge in [-0.2, -0.15) is 5.26 Å². The van der Waals surface area contributed by atoms with Crippen LogP contribution in [0.3, 0.4) is 0 Å². The van der Waals surface area contributed by atoms with Crippen molar-refractivity contribution in [3.05, 3.63) is 64.5 Å². The van der Waals surface area contributed by atoms with Crippen molar-refractivity contribution in [2.24, 2.45) is 4.99 Å². The normalized spacial score (nSPS) is 12.5. The van der Waals surface area contributed by atoms with Crippen molar-refractivity contribution in [2.45, 2.75) is 60.6 Å². The van der Waals surface area contributed by atoms with Crippen molar-refractivity contribution in [3.63, 3.8) is 0 Å². The third kappa shape index (κ3) is 4.03. The summed E-state index contributed by atoms with van der Waals surface area (Å²) in [6.45, 7) is 13.3. The zero-order valence-corrected chi connectivity index (χ0v) is 19.3. The number of fused-ring (bicyclic) bond motifs is 1. The highest BCUT2D eigenvalue weighted by Gasteiger charge is 2.31. The van der Waals surface area contributed by atoms with Crippen LogP contribution in [0.5, 0.6) is 0 Å². The first-order valence-electron chi connectivity index (χ1n) is 10.7. The Kier molecular flexibility index (Phi) is 6.13. The monoisotopic (exact) mass is 416 g/mol. The van der Waals surface area contributed by atoms with Crippen LogP contribution in [-0.2, 0) is 12.1 Å². The Balaban J connectivity index is 0.00000132. The van der Waals surface area contributed by atoms with E-state index in [0.717, 1.165) is 22.4 Å². The van der Waals surface area contributed by atoms with Gasteiger partial charge in [0.2, 0.25) is 0 Å². The predicted octanol–water partition coefficient (Wildman–Crippen LogP) is 6.85. The van der Waals surface area contributed by atoms with Crippen LogP contribution < -0.4 is 0 Å². The van der Waals surface area contributed by atoms with E-state index in [4.69, 9.17) is 0 Å². The number of rotatable bonds is 3. The van der Waals surface area contributed by atoms with E-state index in [1.807, 2.05) is 30.7 Å². The summed E-state index contributed by atoms with van der Waals surface area (Å²) in [5.41, 5.74) is 6.09. The Hall–Kier alpha value is -3.26. The molecule has 3 aromatic rings. The van der Waals surface area contributed by atoms with E-state index in [1.165, 1.54) is 19.4 Å². The summed E-state index contributed by atoms with van der Waals surface area (Å²) in [7, 11) is 0. The van der Waals surface area contributed by atoms with Gasteiger partial charge in [-0.15, -0.1) is 0 Å². The Morgan fingerprint density at radius 3 is 2.32 bits per heavy atom. The molecule has 31 heavy (non-hydrogen) atoms. The quantitative estimate of drug-likeness (QED) is 0.469. The van der Waals surface area contributed by atoms with E-state index in [2.05, 4.69) is 48.9 Å². The summed E-state index contributed by atoms with van der Waals surface area (Å²) in [5.74, 6) is 0.639. The van der Waals surface area contributed by atoms with E-state index in [1.54, 1.807) is 12.3 Å². The largest absolute Gasteiger partial charge is 0.299 e. The molecule has 160 valence electrons. The second kappa shape index (κ2) is 8.47. The average Bonchev–Trinajstić information content (AvgIpc) is 3.34. The molecular formula is C26H29FN4. The van der Waals surface area contributed by atoms with Gasteiger partial charge in [-0.3, -0.25) is 4.57 Å². The standard InChI is InChI=1S/C24H23FN4.C2H6/c1-14-10-15(2)22(16(3)11-14)29-9-8-27-23(29)20-19(24(4,5)25)7-6-17-12-18(13-26)28-21(17)20;1-2/h6-11H,12H2,1-5H3;1-2H3. The van der Waals surface area contributed by atoms with Gasteiger partial charge in [0.15, 0.2) is 0 Å². The highest BCUT2D eigenvalue weighted by Crippen LogP contribution is 2.44. The maximum Gasteiger partial charge on any atom is 0.147 e. The number of aliphatic imine (C=N–C) groups is 1. The maximum atomic E-state index is 15.2. The summed E-state index contributed by atoms with van der Waals surface area (Å²) in [6, 6.07) is 10.1. The molecule has 2 heterocycles. The lowest BCUT2D eigenvalue weighted by Crippen LogP contribution is -2.13. The molecule has 1 aliphatic heterocycles. The Labute approximate surface area is 184 Å². The Morgan fingerprint density at radius 1 is 1.10 bits per heavy atom. The van der Waals surface area contributed by atoms with Crippen molar-refractivity contribution in [2.75, 3.05) is 0 Å². The van der Waals surface area contributed by atoms with Gasteiger partial charge in [0, 0.05) is 24.4 Å². The van der Waals surface area contributed by atoms with E-state index in [0.29, 0.717) is 34.8 Å². The number of benzene rings is 2. The van der Waals surface area contributed by atoms with Crippen LogP contribution in [0.1, 0.15) is 55.5 Å². The number of aromatic nitrogens is 2. The van der Waals surface area contributed by atoms with Gasteiger partial charge < -0.3 is 0 Å². The van der Waals surface area contributed by atoms with Crippen molar-refractivity contribution in [3.8, 4) is 23.1 Å². The summed E-state index contributed by atoms with van der Waals surface area (Å²) in [5, 5.41) is 9.34. The molecule has 0 atom stereocenters. The minimum atomic E-state index is -1.58. The number of hydrogen-bond donors (Lipinski definition) is 0. The highest BCUT2D eigenvalue weighted by atomic mass is 19.1. The number of halogens is 1. The van der Waals surface area contributed by atoms with Crippen LogP contribution in [0, 0.1) is 32.1 Å². The van der Waals surface area contributed by atoms with E-state index >= 15 is 4.39 Å². The van der Waals surface area contributed by atoms with Gasteiger partial charge in [0.1, 0.15) is 23.3 Å². The van der Waals surface area contributed by atoms with Gasteiger partial charge in [0.05, 0.1) is 16.9 Å². The lowest BCUT2D eigenvalue weighted by Gasteiger charge is -2.22. The number of imidazole rings is 1. The molecule has 0 aliphatic carbocycles. The molecule has 1 aromatic heterocycles. The van der Waals surface area contributed by atoms with Crippen molar-refractivity contribution in [1.82, 2.24) is 9.55 Å². The summed E-state index contributed by atoms with van der Waals surface area (Å²) < 4.78 is 17.2. The molecule has 2 aromatic carbocycles. The van der Waals surface area contributed by atoms with Crippen molar-refractivity contribution in [1.29, 1.82) is 5.26 Å². The lowest BCUT2D eigenvalue weighted by molar-refractivity contribution is 0.222. The third-order valence-electron chi connectivity index (χ3n) is 5.38. The molecule has 0 amide bonds. The van der Waals surface area contributed by atoms with Crippen LogP contribution in [0.4, 0.5) is 10.1 Å². The SMILES string of the molecule is CC.Cc1cc(C)c(-n2ccnc2-c2c(C(C)(C)F)ccc3c2N=C(C#N)C3)c(C)c1. The van der Waals surface area contributed by atoms with Gasteiger partial charge >= 0.3 is 0 Å². The van der Waals surface area contributed by atoms with Crippen molar-refractivity contribution < 1.29 is 4.39 Å². The van der Waals surface area contributed by atoms with Crippen LogP contribution in [0.2, 0.25) is 0 Å². The number of nitriles is 1. The van der Waals surface area contributed by atoms with Crippen LogP contribution in [-0.4, -0.2) is 15.3 Å². The molecule has 0 radical (unpaired) electrons. The first kappa shape index (κ1) is 22.4. The molecule has 0 unspecified atom stereocenters. The highest BCUT2D eigenvalue weighted by molar-refractivity contribution is 6.07. The molecule has 0 saturated carbocycles. The second-order valence-corrected chi connectivity index (χ2v) is 8.18. The molecule has 0 saturated heterocycles. The lowest BCUT2D eigenvalue weighted by atomic mass is 9.90. The molecule has 4 rings (SSSR count).